The third-order valence-electron chi connectivity index (χ3n) is 5.42. The molecule has 0 aliphatic heterocycles. The number of rotatable bonds is 7. The number of benzene rings is 1. The third kappa shape index (κ3) is 3.95. The molecule has 0 spiro atoms. The Morgan fingerprint density at radius 2 is 2.07 bits per heavy atom. The summed E-state index contributed by atoms with van der Waals surface area (Å²) in [5, 5.41) is 37.6. The molecule has 0 radical (unpaired) electrons. The topological polar surface area (TPSA) is 133 Å². The molecule has 1 saturated carbocycles. The minimum absolute atomic E-state index is 0.104. The number of carbonyl (C=O) groups is 1. The Balaban J connectivity index is 1.55. The Kier molecular flexibility index (Phi) is 5.58. The molecule has 156 valence electrons. The van der Waals surface area contributed by atoms with Gasteiger partial charge in [-0.1, -0.05) is 30.3 Å². The molecular weight excluding hydrogens is 386 g/mol. The molecule has 0 amide bonds. The van der Waals surface area contributed by atoms with E-state index < -0.39 is 23.5 Å². The number of anilines is 1. The minimum atomic E-state index is -1.69. The molecule has 0 bridgehead atoms. The van der Waals surface area contributed by atoms with Gasteiger partial charge in [0, 0.05) is 24.9 Å². The summed E-state index contributed by atoms with van der Waals surface area (Å²) in [7, 11) is 0. The molecule has 3 aromatic rings. The van der Waals surface area contributed by atoms with Crippen LogP contribution in [0.3, 0.4) is 0 Å². The number of hydrogen-bond donors (Lipinski definition) is 4. The van der Waals surface area contributed by atoms with Crippen molar-refractivity contribution in [3.8, 4) is 0 Å². The SMILES string of the molecule is O=C(c1ccn(Cc2ccccc2)n1)c1cncnc1N[C@@]1(O)CC[C@H](CO)[C@H]1O. The van der Waals surface area contributed by atoms with Crippen molar-refractivity contribution in [3.63, 3.8) is 0 Å². The zero-order valence-electron chi connectivity index (χ0n) is 16.2. The van der Waals surface area contributed by atoms with Crippen molar-refractivity contribution in [3.05, 3.63) is 71.9 Å². The van der Waals surface area contributed by atoms with E-state index in [1.165, 1.54) is 12.5 Å². The predicted molar refractivity (Wildman–Crippen MR) is 108 cm³/mol. The largest absolute Gasteiger partial charge is 0.396 e. The number of aromatic nitrogens is 4. The highest BCUT2D eigenvalue weighted by Crippen LogP contribution is 2.35. The van der Waals surface area contributed by atoms with Crippen molar-refractivity contribution in [2.24, 2.45) is 5.92 Å². The first kappa shape index (κ1) is 20.1. The maximum absolute atomic E-state index is 13.0. The van der Waals surface area contributed by atoms with E-state index in [4.69, 9.17) is 0 Å². The van der Waals surface area contributed by atoms with Crippen LogP contribution < -0.4 is 5.32 Å². The standard InChI is InChI=1S/C21H23N5O4/c27-12-15-6-8-21(30,19(15)29)24-20-16(10-22-13-23-20)18(28)17-7-9-26(25-17)11-14-4-2-1-3-5-14/h1-5,7,9-10,13,15,19,27,29-30H,6,8,11-12H2,(H,22,23,24)/t15-,19-,21-/m1/s1. The molecule has 9 heteroatoms. The van der Waals surface area contributed by atoms with Gasteiger partial charge >= 0.3 is 0 Å². The maximum atomic E-state index is 13.0. The summed E-state index contributed by atoms with van der Waals surface area (Å²) in [5.74, 6) is -0.746. The number of aliphatic hydroxyl groups excluding tert-OH is 2. The van der Waals surface area contributed by atoms with E-state index in [1.54, 1.807) is 16.9 Å². The zero-order chi connectivity index (χ0) is 21.1. The van der Waals surface area contributed by atoms with E-state index in [-0.39, 0.29) is 30.1 Å². The summed E-state index contributed by atoms with van der Waals surface area (Å²) in [4.78, 5) is 21.0. The van der Waals surface area contributed by atoms with Crippen LogP contribution in [0.25, 0.3) is 0 Å². The van der Waals surface area contributed by atoms with Gasteiger partial charge in [-0.2, -0.15) is 5.10 Å². The molecular formula is C21H23N5O4. The summed E-state index contributed by atoms with van der Waals surface area (Å²) in [6, 6.07) is 11.4. The number of nitrogens with zero attached hydrogens (tertiary/aromatic N) is 4. The summed E-state index contributed by atoms with van der Waals surface area (Å²) in [6.45, 7) is 0.290. The van der Waals surface area contributed by atoms with Crippen LogP contribution in [-0.4, -0.2) is 59.3 Å². The van der Waals surface area contributed by atoms with Crippen LogP contribution in [0, 0.1) is 5.92 Å². The van der Waals surface area contributed by atoms with Gasteiger partial charge in [0.1, 0.15) is 23.9 Å². The zero-order valence-corrected chi connectivity index (χ0v) is 16.2. The van der Waals surface area contributed by atoms with Gasteiger partial charge in [-0.3, -0.25) is 9.48 Å². The van der Waals surface area contributed by atoms with Crippen LogP contribution >= 0.6 is 0 Å². The van der Waals surface area contributed by atoms with Crippen molar-refractivity contribution in [2.75, 3.05) is 11.9 Å². The second kappa shape index (κ2) is 8.31. The fourth-order valence-corrected chi connectivity index (χ4v) is 3.71. The lowest BCUT2D eigenvalue weighted by Gasteiger charge is -2.30. The molecule has 1 fully saturated rings. The number of aliphatic hydroxyl groups is 3. The van der Waals surface area contributed by atoms with Gasteiger partial charge < -0.3 is 20.6 Å². The predicted octanol–water partition coefficient (Wildman–Crippen LogP) is 0.816. The molecule has 1 aromatic carbocycles. The van der Waals surface area contributed by atoms with Gasteiger partial charge in [-0.15, -0.1) is 0 Å². The second-order valence-corrected chi connectivity index (χ2v) is 7.47. The van der Waals surface area contributed by atoms with Gasteiger partial charge in [-0.25, -0.2) is 9.97 Å². The molecule has 30 heavy (non-hydrogen) atoms. The quantitative estimate of drug-likeness (QED) is 0.333. The first-order valence-corrected chi connectivity index (χ1v) is 9.72. The van der Waals surface area contributed by atoms with E-state index in [0.717, 1.165) is 5.56 Å². The molecule has 9 nitrogen and oxygen atoms in total. The van der Waals surface area contributed by atoms with E-state index in [9.17, 15) is 20.1 Å². The maximum Gasteiger partial charge on any atom is 0.218 e. The molecule has 4 rings (SSSR count). The average molecular weight is 409 g/mol. The normalized spacial score (nSPS) is 23.4. The summed E-state index contributed by atoms with van der Waals surface area (Å²) in [5.41, 5.74) is -0.281. The fourth-order valence-electron chi connectivity index (χ4n) is 3.71. The highest BCUT2D eigenvalue weighted by molar-refractivity contribution is 6.10. The molecule has 2 aromatic heterocycles. The van der Waals surface area contributed by atoms with Crippen molar-refractivity contribution in [1.29, 1.82) is 0 Å². The lowest BCUT2D eigenvalue weighted by molar-refractivity contribution is -0.0546. The van der Waals surface area contributed by atoms with Crippen LogP contribution in [-0.2, 0) is 6.54 Å². The minimum Gasteiger partial charge on any atom is -0.396 e. The first-order chi connectivity index (χ1) is 14.5. The highest BCUT2D eigenvalue weighted by Gasteiger charge is 2.47. The molecule has 2 heterocycles. The van der Waals surface area contributed by atoms with Crippen molar-refractivity contribution in [2.45, 2.75) is 31.2 Å². The Hall–Kier alpha value is -3.14. The summed E-state index contributed by atoms with van der Waals surface area (Å²) < 4.78 is 1.67. The first-order valence-electron chi connectivity index (χ1n) is 9.72. The van der Waals surface area contributed by atoms with Crippen LogP contribution in [0.4, 0.5) is 5.82 Å². The summed E-state index contributed by atoms with van der Waals surface area (Å²) >= 11 is 0. The molecule has 0 unspecified atom stereocenters. The Morgan fingerprint density at radius 3 is 2.80 bits per heavy atom. The Bertz CT molecular complexity index is 1030. The molecule has 3 atom stereocenters. The van der Waals surface area contributed by atoms with Gasteiger partial charge in [-0.05, 0) is 24.5 Å². The van der Waals surface area contributed by atoms with Crippen molar-refractivity contribution < 1.29 is 20.1 Å². The number of nitrogens with one attached hydrogen (secondary N) is 1. The van der Waals surface area contributed by atoms with E-state index >= 15 is 0 Å². The fraction of sp³-hybridized carbons (Fsp3) is 0.333. The Labute approximate surface area is 173 Å². The number of ketones is 1. The van der Waals surface area contributed by atoms with Crippen LogP contribution in [0.5, 0.6) is 0 Å². The molecule has 0 saturated heterocycles. The highest BCUT2D eigenvalue weighted by atomic mass is 16.4. The van der Waals surface area contributed by atoms with Crippen molar-refractivity contribution >= 4 is 11.6 Å². The molecule has 1 aliphatic rings. The lowest BCUT2D eigenvalue weighted by Crippen LogP contribution is -2.48. The second-order valence-electron chi connectivity index (χ2n) is 7.47. The number of hydrogen-bond acceptors (Lipinski definition) is 8. The van der Waals surface area contributed by atoms with Crippen LogP contribution in [0.15, 0.2) is 55.1 Å². The van der Waals surface area contributed by atoms with Gasteiger partial charge in [0.15, 0.2) is 5.72 Å². The molecule has 1 aliphatic carbocycles. The van der Waals surface area contributed by atoms with E-state index in [1.807, 2.05) is 30.3 Å². The van der Waals surface area contributed by atoms with E-state index in [0.29, 0.717) is 13.0 Å². The third-order valence-corrected chi connectivity index (χ3v) is 5.42. The Morgan fingerprint density at radius 1 is 1.27 bits per heavy atom. The lowest BCUT2D eigenvalue weighted by atomic mass is 10.0. The van der Waals surface area contributed by atoms with Crippen LogP contribution in [0.1, 0.15) is 34.5 Å². The molecule has 4 N–H and O–H groups in total. The van der Waals surface area contributed by atoms with Gasteiger partial charge in [0.25, 0.3) is 0 Å². The number of carbonyl (C=O) groups excluding carboxylic acids is 1. The monoisotopic (exact) mass is 409 g/mol. The van der Waals surface area contributed by atoms with E-state index in [2.05, 4.69) is 20.4 Å². The smallest absolute Gasteiger partial charge is 0.218 e. The average Bonchev–Trinajstić information content (AvgIpc) is 3.33. The van der Waals surface area contributed by atoms with Gasteiger partial charge in [0.05, 0.1) is 12.1 Å². The van der Waals surface area contributed by atoms with Gasteiger partial charge in [0.2, 0.25) is 5.78 Å². The summed E-state index contributed by atoms with van der Waals surface area (Å²) in [6.07, 6.45) is 3.79. The van der Waals surface area contributed by atoms with Crippen molar-refractivity contribution in [1.82, 2.24) is 19.7 Å². The van der Waals surface area contributed by atoms with Crippen LogP contribution in [0.2, 0.25) is 0 Å².